The van der Waals surface area contributed by atoms with Crippen LogP contribution in [0.25, 0.3) is 0 Å². The molecule has 2 aromatic rings. The monoisotopic (exact) mass is 594 g/mol. The highest BCUT2D eigenvalue weighted by Gasteiger charge is 2.52. The number of carbonyl (C=O) groups excluding carboxylic acids is 1. The molecule has 1 saturated carbocycles. The average molecular weight is 596 g/mol. The number of carbonyl (C=O) groups is 2. The van der Waals surface area contributed by atoms with E-state index in [0.29, 0.717) is 35.7 Å². The van der Waals surface area contributed by atoms with Crippen molar-refractivity contribution < 1.29 is 23.1 Å². The van der Waals surface area contributed by atoms with E-state index in [-0.39, 0.29) is 36.5 Å². The van der Waals surface area contributed by atoms with Gasteiger partial charge in [-0.15, -0.1) is 0 Å². The predicted octanol–water partition coefficient (Wildman–Crippen LogP) is 6.12. The van der Waals surface area contributed by atoms with Gasteiger partial charge >= 0.3 is 5.97 Å². The molecule has 0 spiro atoms. The van der Waals surface area contributed by atoms with Crippen LogP contribution >= 0.6 is 23.2 Å². The van der Waals surface area contributed by atoms with Crippen LogP contribution < -0.4 is 0 Å². The fourth-order valence-corrected chi connectivity index (χ4v) is 7.77. The standard InChI is InChI=1S/C29H36Cl2N2O5S/c1-4-23(18-32(3)39(37,38)24-12-13-24)33-27(19-8-10-21(30)11-9-19)25(20-6-5-7-22(31)16-20)17-29(2,28(33)36)15-14-26(34)35/h5-11,16,23-25,27H,4,12-15,17-18H2,1-3H3,(H,34,35)/t23-,25+,27+,29+/m0/s1. The summed E-state index contributed by atoms with van der Waals surface area (Å²) in [6, 6.07) is 14.1. The number of hydrogen-bond donors (Lipinski definition) is 1. The number of benzene rings is 2. The van der Waals surface area contributed by atoms with Crippen molar-refractivity contribution in [2.45, 2.75) is 75.6 Å². The molecule has 7 nitrogen and oxygen atoms in total. The zero-order valence-corrected chi connectivity index (χ0v) is 24.8. The molecule has 1 amide bonds. The third-order valence-electron chi connectivity index (χ3n) is 8.19. The van der Waals surface area contributed by atoms with Crippen molar-refractivity contribution in [3.05, 3.63) is 69.7 Å². The maximum absolute atomic E-state index is 14.4. The Morgan fingerprint density at radius 2 is 1.79 bits per heavy atom. The molecule has 2 fully saturated rings. The molecule has 2 aliphatic rings. The smallest absolute Gasteiger partial charge is 0.303 e. The number of carboxylic acids is 1. The van der Waals surface area contributed by atoms with Gasteiger partial charge in [-0.25, -0.2) is 12.7 Å². The molecule has 0 unspecified atom stereocenters. The van der Waals surface area contributed by atoms with Crippen LogP contribution in [0, 0.1) is 5.41 Å². The molecule has 4 atom stereocenters. The van der Waals surface area contributed by atoms with Crippen molar-refractivity contribution in [1.29, 1.82) is 0 Å². The first-order chi connectivity index (χ1) is 18.4. The third kappa shape index (κ3) is 6.45. The lowest BCUT2D eigenvalue weighted by atomic mass is 9.66. The van der Waals surface area contributed by atoms with Crippen molar-refractivity contribution in [3.63, 3.8) is 0 Å². The first kappa shape index (κ1) is 29.8. The largest absolute Gasteiger partial charge is 0.481 e. The Labute approximate surface area is 241 Å². The number of piperidine rings is 1. The fraction of sp³-hybridized carbons (Fsp3) is 0.517. The Morgan fingerprint density at radius 3 is 2.36 bits per heavy atom. The van der Waals surface area contributed by atoms with Gasteiger partial charge in [-0.3, -0.25) is 9.59 Å². The number of aliphatic carboxylic acids is 1. The summed E-state index contributed by atoms with van der Waals surface area (Å²) < 4.78 is 27.5. The van der Waals surface area contributed by atoms with E-state index in [1.54, 1.807) is 25.2 Å². The zero-order valence-electron chi connectivity index (χ0n) is 22.5. The number of likely N-dealkylation sites (tertiary alicyclic amines) is 1. The van der Waals surface area contributed by atoms with Crippen molar-refractivity contribution in [3.8, 4) is 0 Å². The minimum absolute atomic E-state index is 0.142. The van der Waals surface area contributed by atoms with Gasteiger partial charge in [0.2, 0.25) is 15.9 Å². The summed E-state index contributed by atoms with van der Waals surface area (Å²) in [5.41, 5.74) is 0.856. The minimum atomic E-state index is -3.45. The second-order valence-corrected chi connectivity index (χ2v) is 14.3. The Morgan fingerprint density at radius 1 is 1.13 bits per heavy atom. The summed E-state index contributed by atoms with van der Waals surface area (Å²) in [6.07, 6.45) is 2.30. The van der Waals surface area contributed by atoms with E-state index < -0.39 is 33.5 Å². The maximum atomic E-state index is 14.4. The SMILES string of the molecule is CC[C@@H](CN(C)S(=O)(=O)C1CC1)N1C(=O)[C@](C)(CCC(=O)O)C[C@H](c2cccc(Cl)c2)[C@H]1c1ccc(Cl)cc1. The summed E-state index contributed by atoms with van der Waals surface area (Å²) in [5, 5.41) is 10.3. The van der Waals surface area contributed by atoms with Gasteiger partial charge in [0, 0.05) is 47.4 Å². The number of sulfonamides is 1. The first-order valence-corrected chi connectivity index (χ1v) is 15.6. The summed E-state index contributed by atoms with van der Waals surface area (Å²) in [5.74, 6) is -1.33. The van der Waals surface area contributed by atoms with E-state index in [0.717, 1.165) is 11.1 Å². The summed E-state index contributed by atoms with van der Waals surface area (Å²) in [6.45, 7) is 3.94. The molecule has 10 heteroatoms. The van der Waals surface area contributed by atoms with Crippen molar-refractivity contribution in [2.75, 3.05) is 13.6 Å². The van der Waals surface area contributed by atoms with E-state index in [1.807, 2.05) is 49.1 Å². The molecule has 4 rings (SSSR count). The highest BCUT2D eigenvalue weighted by Crippen LogP contribution is 2.52. The van der Waals surface area contributed by atoms with Gasteiger partial charge < -0.3 is 10.0 Å². The topological polar surface area (TPSA) is 95.0 Å². The summed E-state index contributed by atoms with van der Waals surface area (Å²) >= 11 is 12.6. The second kappa shape index (κ2) is 11.8. The average Bonchev–Trinajstić information content (AvgIpc) is 3.75. The van der Waals surface area contributed by atoms with E-state index in [2.05, 4.69) is 0 Å². The lowest BCUT2D eigenvalue weighted by Gasteiger charge is -2.52. The van der Waals surface area contributed by atoms with Gasteiger partial charge in [-0.2, -0.15) is 0 Å². The van der Waals surface area contributed by atoms with Crippen molar-refractivity contribution in [2.24, 2.45) is 5.41 Å². The molecule has 1 saturated heterocycles. The molecule has 212 valence electrons. The summed E-state index contributed by atoms with van der Waals surface area (Å²) in [7, 11) is -1.87. The second-order valence-electron chi connectivity index (χ2n) is 11.1. The Balaban J connectivity index is 1.85. The minimum Gasteiger partial charge on any atom is -0.481 e. The van der Waals surface area contributed by atoms with E-state index in [1.165, 1.54) is 4.31 Å². The van der Waals surface area contributed by atoms with Crippen molar-refractivity contribution >= 4 is 45.1 Å². The number of halogens is 2. The van der Waals surface area contributed by atoms with E-state index in [4.69, 9.17) is 23.2 Å². The van der Waals surface area contributed by atoms with Gasteiger partial charge in [-0.1, -0.05) is 61.3 Å². The Bertz CT molecular complexity index is 1320. The quantitative estimate of drug-likeness (QED) is 0.338. The molecule has 2 aromatic carbocycles. The molecular weight excluding hydrogens is 559 g/mol. The van der Waals surface area contributed by atoms with Gasteiger partial charge in [-0.05, 0) is 67.5 Å². The molecule has 1 aliphatic carbocycles. The highest BCUT2D eigenvalue weighted by molar-refractivity contribution is 7.90. The van der Waals surface area contributed by atoms with Gasteiger partial charge in [0.25, 0.3) is 0 Å². The molecule has 1 heterocycles. The van der Waals surface area contributed by atoms with Crippen LogP contribution in [0.5, 0.6) is 0 Å². The van der Waals surface area contributed by atoms with Crippen LogP contribution in [0.2, 0.25) is 10.0 Å². The lowest BCUT2D eigenvalue weighted by Crippen LogP contribution is -2.58. The fourth-order valence-electron chi connectivity index (χ4n) is 5.83. The number of nitrogens with zero attached hydrogens (tertiary/aromatic N) is 2. The van der Waals surface area contributed by atoms with Crippen LogP contribution in [0.15, 0.2) is 48.5 Å². The van der Waals surface area contributed by atoms with Crippen LogP contribution in [-0.2, 0) is 19.6 Å². The molecule has 0 radical (unpaired) electrons. The van der Waals surface area contributed by atoms with Crippen LogP contribution in [-0.4, -0.2) is 59.5 Å². The molecule has 0 bridgehead atoms. The Kier molecular flexibility index (Phi) is 9.01. The normalized spacial score (nSPS) is 24.7. The van der Waals surface area contributed by atoms with E-state index in [9.17, 15) is 23.1 Å². The van der Waals surface area contributed by atoms with Gasteiger partial charge in [0.1, 0.15) is 0 Å². The van der Waals surface area contributed by atoms with Crippen molar-refractivity contribution in [1.82, 2.24) is 9.21 Å². The van der Waals surface area contributed by atoms with Crippen LogP contribution in [0.3, 0.4) is 0 Å². The van der Waals surface area contributed by atoms with Gasteiger partial charge in [0.05, 0.1) is 11.3 Å². The van der Waals surface area contributed by atoms with Crippen LogP contribution in [0.4, 0.5) is 0 Å². The Hall–Kier alpha value is -2.13. The molecule has 1 N–H and O–H groups in total. The molecule has 1 aliphatic heterocycles. The molecular formula is C29H36Cl2N2O5S. The predicted molar refractivity (Wildman–Crippen MR) is 153 cm³/mol. The maximum Gasteiger partial charge on any atom is 0.303 e. The van der Waals surface area contributed by atoms with Gasteiger partial charge in [0.15, 0.2) is 0 Å². The van der Waals surface area contributed by atoms with Crippen LogP contribution in [0.1, 0.15) is 75.5 Å². The number of rotatable bonds is 11. The lowest BCUT2D eigenvalue weighted by molar-refractivity contribution is -0.156. The first-order valence-electron chi connectivity index (χ1n) is 13.4. The summed E-state index contributed by atoms with van der Waals surface area (Å²) in [4.78, 5) is 27.9. The number of likely N-dealkylation sites (N-methyl/N-ethyl adjacent to an activating group) is 1. The number of amides is 1. The number of hydrogen-bond acceptors (Lipinski definition) is 4. The molecule has 39 heavy (non-hydrogen) atoms. The zero-order chi connectivity index (χ0) is 28.5. The molecule has 0 aromatic heterocycles. The highest BCUT2D eigenvalue weighted by atomic mass is 35.5. The third-order valence-corrected chi connectivity index (χ3v) is 11.0. The number of carboxylic acid groups (broad SMARTS) is 1. The van der Waals surface area contributed by atoms with E-state index >= 15 is 0 Å².